The van der Waals surface area contributed by atoms with Crippen molar-refractivity contribution >= 4 is 11.8 Å². The Morgan fingerprint density at radius 1 is 1.42 bits per heavy atom. The van der Waals surface area contributed by atoms with Gasteiger partial charge in [0.25, 0.3) is 0 Å². The summed E-state index contributed by atoms with van der Waals surface area (Å²) in [7, 11) is 0. The van der Waals surface area contributed by atoms with E-state index in [-0.39, 0.29) is 0 Å². The van der Waals surface area contributed by atoms with Crippen LogP contribution >= 0.6 is 11.8 Å². The molecular formula is C11H18S. The van der Waals surface area contributed by atoms with Gasteiger partial charge in [0.1, 0.15) is 0 Å². The number of thioether (sulfide) groups is 1. The topological polar surface area (TPSA) is 0 Å². The van der Waals surface area contributed by atoms with E-state index >= 15 is 0 Å². The summed E-state index contributed by atoms with van der Waals surface area (Å²) in [5, 5.41) is 0. The van der Waals surface area contributed by atoms with Gasteiger partial charge in [-0.25, -0.2) is 0 Å². The first-order valence-corrected chi connectivity index (χ1v) is 6.01. The van der Waals surface area contributed by atoms with E-state index in [1.807, 2.05) is 0 Å². The van der Waals surface area contributed by atoms with Crippen molar-refractivity contribution in [2.24, 2.45) is 0 Å². The van der Waals surface area contributed by atoms with Crippen molar-refractivity contribution in [1.82, 2.24) is 0 Å². The third-order valence-corrected chi connectivity index (χ3v) is 3.18. The second-order valence-corrected chi connectivity index (χ2v) is 4.32. The lowest BCUT2D eigenvalue weighted by Gasteiger charge is -2.01. The lowest BCUT2D eigenvalue weighted by atomic mass is 10.3. The minimum absolute atomic E-state index is 1.20. The van der Waals surface area contributed by atoms with Gasteiger partial charge < -0.3 is 0 Å². The monoisotopic (exact) mass is 182 g/mol. The van der Waals surface area contributed by atoms with Gasteiger partial charge in [-0.3, -0.25) is 0 Å². The van der Waals surface area contributed by atoms with Crippen LogP contribution in [0, 0.1) is 0 Å². The molecule has 1 aliphatic rings. The second-order valence-electron chi connectivity index (χ2n) is 3.22. The quantitative estimate of drug-likeness (QED) is 0.563. The molecule has 0 saturated heterocycles. The molecule has 0 fully saturated rings. The Labute approximate surface area is 80.1 Å². The van der Waals surface area contributed by atoms with Crippen molar-refractivity contribution in [2.45, 2.75) is 32.6 Å². The molecule has 0 N–H and O–H groups in total. The van der Waals surface area contributed by atoms with Crippen molar-refractivity contribution in [2.75, 3.05) is 11.5 Å². The van der Waals surface area contributed by atoms with Crippen molar-refractivity contribution in [1.29, 1.82) is 0 Å². The Kier molecular flexibility index (Phi) is 5.25. The van der Waals surface area contributed by atoms with Gasteiger partial charge >= 0.3 is 0 Å². The summed E-state index contributed by atoms with van der Waals surface area (Å²) in [5.74, 6) is 2.59. The lowest BCUT2D eigenvalue weighted by molar-refractivity contribution is 0.779. The number of hydrogen-bond donors (Lipinski definition) is 0. The fourth-order valence-electron chi connectivity index (χ4n) is 1.26. The van der Waals surface area contributed by atoms with Crippen LogP contribution in [-0.4, -0.2) is 11.5 Å². The fourth-order valence-corrected chi connectivity index (χ4v) is 2.28. The average Bonchev–Trinajstić information content (AvgIpc) is 2.57. The first-order valence-electron chi connectivity index (χ1n) is 4.86. The van der Waals surface area contributed by atoms with Crippen LogP contribution in [0.15, 0.2) is 23.8 Å². The zero-order valence-corrected chi connectivity index (χ0v) is 8.70. The minimum atomic E-state index is 1.20. The SMILES string of the molecule is CCCCCSCC1=CC=CC1. The highest BCUT2D eigenvalue weighted by Crippen LogP contribution is 2.17. The molecular weight excluding hydrogens is 164 g/mol. The predicted octanol–water partition coefficient (Wildman–Crippen LogP) is 3.80. The normalized spacial score (nSPS) is 15.2. The van der Waals surface area contributed by atoms with E-state index in [1.54, 1.807) is 5.57 Å². The van der Waals surface area contributed by atoms with Gasteiger partial charge in [-0.1, -0.05) is 43.6 Å². The Hall–Kier alpha value is -0.170. The zero-order valence-electron chi connectivity index (χ0n) is 7.88. The Bertz CT molecular complexity index is 168. The lowest BCUT2D eigenvalue weighted by Crippen LogP contribution is -1.86. The van der Waals surface area contributed by atoms with Crippen molar-refractivity contribution in [3.05, 3.63) is 23.8 Å². The predicted molar refractivity (Wildman–Crippen MR) is 58.7 cm³/mol. The van der Waals surface area contributed by atoms with Gasteiger partial charge in [0, 0.05) is 5.75 Å². The first kappa shape index (κ1) is 9.91. The molecule has 0 atom stereocenters. The van der Waals surface area contributed by atoms with Crippen molar-refractivity contribution < 1.29 is 0 Å². The van der Waals surface area contributed by atoms with Gasteiger partial charge in [-0.05, 0) is 18.6 Å². The maximum absolute atomic E-state index is 2.26. The standard InChI is InChI=1S/C11H18S/c1-2-3-6-9-12-10-11-7-4-5-8-11/h4-5,7H,2-3,6,8-10H2,1H3. The van der Waals surface area contributed by atoms with Gasteiger partial charge in [-0.2, -0.15) is 11.8 Å². The van der Waals surface area contributed by atoms with E-state index in [1.165, 1.54) is 37.2 Å². The smallest absolute Gasteiger partial charge is 0.0149 e. The molecule has 0 aromatic rings. The summed E-state index contributed by atoms with van der Waals surface area (Å²) in [6, 6.07) is 0. The molecule has 1 rings (SSSR count). The van der Waals surface area contributed by atoms with Gasteiger partial charge in [0.2, 0.25) is 0 Å². The maximum atomic E-state index is 2.26. The minimum Gasteiger partial charge on any atom is -0.158 e. The van der Waals surface area contributed by atoms with Crippen LogP contribution in [0.2, 0.25) is 0 Å². The molecule has 0 spiro atoms. The van der Waals surface area contributed by atoms with Crippen LogP contribution in [0.4, 0.5) is 0 Å². The van der Waals surface area contributed by atoms with Crippen LogP contribution in [-0.2, 0) is 0 Å². The molecule has 0 radical (unpaired) electrons. The molecule has 0 heterocycles. The second kappa shape index (κ2) is 6.36. The highest BCUT2D eigenvalue weighted by Gasteiger charge is 1.98. The number of hydrogen-bond acceptors (Lipinski definition) is 1. The van der Waals surface area contributed by atoms with E-state index in [0.717, 1.165) is 0 Å². The fraction of sp³-hybridized carbons (Fsp3) is 0.636. The van der Waals surface area contributed by atoms with Gasteiger partial charge in [0.05, 0.1) is 0 Å². The van der Waals surface area contributed by atoms with Crippen LogP contribution in [0.25, 0.3) is 0 Å². The largest absolute Gasteiger partial charge is 0.158 e. The summed E-state index contributed by atoms with van der Waals surface area (Å²) < 4.78 is 0. The average molecular weight is 182 g/mol. The highest BCUT2D eigenvalue weighted by molar-refractivity contribution is 7.99. The van der Waals surface area contributed by atoms with E-state index in [2.05, 4.69) is 36.9 Å². The Morgan fingerprint density at radius 2 is 2.33 bits per heavy atom. The molecule has 0 aliphatic heterocycles. The molecule has 0 nitrogen and oxygen atoms in total. The highest BCUT2D eigenvalue weighted by atomic mass is 32.2. The third kappa shape index (κ3) is 4.01. The van der Waals surface area contributed by atoms with E-state index < -0.39 is 0 Å². The molecule has 0 aromatic carbocycles. The van der Waals surface area contributed by atoms with Crippen LogP contribution in [0.1, 0.15) is 32.6 Å². The summed E-state index contributed by atoms with van der Waals surface area (Å²) in [5.41, 5.74) is 1.59. The Balaban J connectivity index is 1.89. The van der Waals surface area contributed by atoms with E-state index in [9.17, 15) is 0 Å². The summed E-state index contributed by atoms with van der Waals surface area (Å²) >= 11 is 2.08. The van der Waals surface area contributed by atoms with Crippen LogP contribution in [0.5, 0.6) is 0 Å². The van der Waals surface area contributed by atoms with E-state index in [4.69, 9.17) is 0 Å². The molecule has 12 heavy (non-hydrogen) atoms. The third-order valence-electron chi connectivity index (χ3n) is 2.03. The number of allylic oxidation sites excluding steroid dienone is 3. The Morgan fingerprint density at radius 3 is 3.00 bits per heavy atom. The van der Waals surface area contributed by atoms with Gasteiger partial charge in [0.15, 0.2) is 0 Å². The molecule has 68 valence electrons. The van der Waals surface area contributed by atoms with Crippen LogP contribution < -0.4 is 0 Å². The molecule has 0 saturated carbocycles. The van der Waals surface area contributed by atoms with Crippen LogP contribution in [0.3, 0.4) is 0 Å². The zero-order chi connectivity index (χ0) is 8.65. The van der Waals surface area contributed by atoms with Crippen molar-refractivity contribution in [3.8, 4) is 0 Å². The van der Waals surface area contributed by atoms with E-state index in [0.29, 0.717) is 0 Å². The van der Waals surface area contributed by atoms with Gasteiger partial charge in [-0.15, -0.1) is 0 Å². The molecule has 0 amide bonds. The summed E-state index contributed by atoms with van der Waals surface area (Å²) in [6.45, 7) is 2.26. The first-order chi connectivity index (χ1) is 5.93. The molecule has 0 aromatic heterocycles. The summed E-state index contributed by atoms with van der Waals surface area (Å²) in [4.78, 5) is 0. The number of rotatable bonds is 6. The molecule has 1 aliphatic carbocycles. The molecule has 1 heteroatoms. The molecule has 0 unspecified atom stereocenters. The van der Waals surface area contributed by atoms with Crippen molar-refractivity contribution in [3.63, 3.8) is 0 Å². The molecule has 0 bridgehead atoms. The number of unbranched alkanes of at least 4 members (excludes halogenated alkanes) is 2. The maximum Gasteiger partial charge on any atom is 0.0149 e. The summed E-state index contributed by atoms with van der Waals surface area (Å²) in [6.07, 6.45) is 12.0.